The molecule has 0 radical (unpaired) electrons. The molecule has 4 rings (SSSR count). The van der Waals surface area contributed by atoms with Crippen molar-refractivity contribution < 1.29 is 14.4 Å². The Labute approximate surface area is 201 Å². The maximum absolute atomic E-state index is 13.4. The van der Waals surface area contributed by atoms with Gasteiger partial charge in [-0.2, -0.15) is 5.10 Å². The van der Waals surface area contributed by atoms with E-state index in [4.69, 9.17) is 5.10 Å². The van der Waals surface area contributed by atoms with Crippen molar-refractivity contribution in [3.63, 3.8) is 0 Å². The summed E-state index contributed by atoms with van der Waals surface area (Å²) in [6.07, 6.45) is 3.91. The molecule has 8 heteroatoms. The van der Waals surface area contributed by atoms with E-state index in [-0.39, 0.29) is 24.3 Å². The highest BCUT2D eigenvalue weighted by Gasteiger charge is 2.33. The van der Waals surface area contributed by atoms with Crippen LogP contribution in [0.2, 0.25) is 0 Å². The van der Waals surface area contributed by atoms with E-state index in [0.29, 0.717) is 57.2 Å². The van der Waals surface area contributed by atoms with Gasteiger partial charge in [-0.3, -0.25) is 19.1 Å². The third-order valence-electron chi connectivity index (χ3n) is 6.63. The van der Waals surface area contributed by atoms with Crippen LogP contribution in [0.25, 0.3) is 0 Å². The van der Waals surface area contributed by atoms with Crippen LogP contribution >= 0.6 is 0 Å². The number of hydrogen-bond donors (Lipinski definition) is 1. The molecule has 1 saturated heterocycles. The zero-order valence-electron chi connectivity index (χ0n) is 20.3. The lowest BCUT2D eigenvalue weighted by molar-refractivity contribution is -0.132. The van der Waals surface area contributed by atoms with Gasteiger partial charge in [0.2, 0.25) is 11.8 Å². The zero-order valence-corrected chi connectivity index (χ0v) is 20.3. The van der Waals surface area contributed by atoms with E-state index < -0.39 is 0 Å². The molecule has 0 spiro atoms. The number of rotatable bonds is 8. The van der Waals surface area contributed by atoms with Crippen LogP contribution < -0.4 is 5.32 Å². The van der Waals surface area contributed by atoms with Gasteiger partial charge in [-0.05, 0) is 30.7 Å². The molecule has 2 aliphatic rings. The first-order valence-electron chi connectivity index (χ1n) is 12.4. The quantitative estimate of drug-likeness (QED) is 0.649. The molecule has 3 heterocycles. The van der Waals surface area contributed by atoms with Crippen molar-refractivity contribution in [3.05, 3.63) is 52.8 Å². The molecule has 0 atom stereocenters. The molecular weight excluding hydrogens is 430 g/mol. The van der Waals surface area contributed by atoms with Gasteiger partial charge in [0.05, 0.1) is 6.54 Å². The predicted molar refractivity (Wildman–Crippen MR) is 129 cm³/mol. The van der Waals surface area contributed by atoms with E-state index in [1.165, 1.54) is 5.56 Å². The number of piperazine rings is 1. The molecule has 2 aromatic rings. The molecule has 2 aliphatic heterocycles. The normalized spacial score (nSPS) is 15.9. The first kappa shape index (κ1) is 24.0. The average Bonchev–Trinajstić information content (AvgIpc) is 3.20. The van der Waals surface area contributed by atoms with Crippen LogP contribution in [-0.2, 0) is 35.5 Å². The molecule has 0 unspecified atom stereocenters. The zero-order chi connectivity index (χ0) is 24.1. The monoisotopic (exact) mass is 465 g/mol. The lowest BCUT2D eigenvalue weighted by atomic mass is 10.0. The van der Waals surface area contributed by atoms with E-state index in [1.807, 2.05) is 27.8 Å². The molecule has 1 aromatic carbocycles. The van der Waals surface area contributed by atoms with Crippen molar-refractivity contribution >= 4 is 17.7 Å². The van der Waals surface area contributed by atoms with Crippen LogP contribution in [0, 0.1) is 5.92 Å². The molecular formula is C26H35N5O3. The van der Waals surface area contributed by atoms with Gasteiger partial charge < -0.3 is 15.1 Å². The van der Waals surface area contributed by atoms with E-state index in [1.54, 1.807) is 4.90 Å². The van der Waals surface area contributed by atoms with Crippen LogP contribution in [0.5, 0.6) is 0 Å². The molecule has 0 saturated carbocycles. The average molecular weight is 466 g/mol. The summed E-state index contributed by atoms with van der Waals surface area (Å²) in [4.78, 5) is 41.5. The lowest BCUT2D eigenvalue weighted by Gasteiger charge is -2.29. The standard InChI is InChI=1S/C26H35N5O3/c1-19(2)10-11-24(33)29-15-12-22-21(17-29)25(26(34)30-16-13-27-23(32)18-30)28-31(22)14-6-9-20-7-4-3-5-8-20/h3-5,7-8,19H,6,9-18H2,1-2H3,(H,27,32). The summed E-state index contributed by atoms with van der Waals surface area (Å²) in [6, 6.07) is 10.3. The van der Waals surface area contributed by atoms with Gasteiger partial charge in [-0.1, -0.05) is 44.2 Å². The molecule has 0 aliphatic carbocycles. The van der Waals surface area contributed by atoms with Crippen LogP contribution in [0.4, 0.5) is 0 Å². The van der Waals surface area contributed by atoms with Crippen molar-refractivity contribution in [1.29, 1.82) is 0 Å². The Morgan fingerprint density at radius 2 is 1.88 bits per heavy atom. The minimum absolute atomic E-state index is 0.0471. The van der Waals surface area contributed by atoms with E-state index >= 15 is 0 Å². The van der Waals surface area contributed by atoms with E-state index in [9.17, 15) is 14.4 Å². The molecule has 8 nitrogen and oxygen atoms in total. The highest BCUT2D eigenvalue weighted by Crippen LogP contribution is 2.25. The Kier molecular flexibility index (Phi) is 7.65. The number of aryl methyl sites for hydroxylation is 2. The Bertz CT molecular complexity index is 1030. The molecule has 34 heavy (non-hydrogen) atoms. The second-order valence-corrected chi connectivity index (χ2v) is 9.66. The maximum Gasteiger partial charge on any atom is 0.275 e. The summed E-state index contributed by atoms with van der Waals surface area (Å²) >= 11 is 0. The number of hydrogen-bond acceptors (Lipinski definition) is 4. The molecule has 0 bridgehead atoms. The third-order valence-corrected chi connectivity index (χ3v) is 6.63. The highest BCUT2D eigenvalue weighted by atomic mass is 16.2. The summed E-state index contributed by atoms with van der Waals surface area (Å²) in [7, 11) is 0. The fraction of sp³-hybridized carbons (Fsp3) is 0.538. The fourth-order valence-electron chi connectivity index (χ4n) is 4.67. The summed E-state index contributed by atoms with van der Waals surface area (Å²) in [5.41, 5.74) is 3.57. The lowest BCUT2D eigenvalue weighted by Crippen LogP contribution is -2.50. The Hall–Kier alpha value is -3.16. The largest absolute Gasteiger partial charge is 0.353 e. The third kappa shape index (κ3) is 5.66. The topological polar surface area (TPSA) is 87.5 Å². The molecule has 1 N–H and O–H groups in total. The van der Waals surface area contributed by atoms with Crippen LogP contribution in [-0.4, -0.2) is 63.5 Å². The first-order chi connectivity index (χ1) is 16.4. The van der Waals surface area contributed by atoms with Gasteiger partial charge in [-0.25, -0.2) is 0 Å². The number of carbonyl (C=O) groups is 3. The summed E-state index contributed by atoms with van der Waals surface area (Å²) in [6.45, 7) is 6.97. The van der Waals surface area contributed by atoms with Gasteiger partial charge in [0.1, 0.15) is 0 Å². The number of amides is 3. The van der Waals surface area contributed by atoms with Gasteiger partial charge in [-0.15, -0.1) is 0 Å². The van der Waals surface area contributed by atoms with Crippen LogP contribution in [0.15, 0.2) is 30.3 Å². The fourth-order valence-corrected chi connectivity index (χ4v) is 4.67. The predicted octanol–water partition coefficient (Wildman–Crippen LogP) is 2.41. The first-order valence-corrected chi connectivity index (χ1v) is 12.4. The van der Waals surface area contributed by atoms with E-state index in [0.717, 1.165) is 30.5 Å². The Balaban J connectivity index is 1.53. The van der Waals surface area contributed by atoms with Crippen molar-refractivity contribution in [2.45, 2.75) is 59.0 Å². The van der Waals surface area contributed by atoms with Crippen molar-refractivity contribution in [3.8, 4) is 0 Å². The number of fused-ring (bicyclic) bond motifs is 1. The van der Waals surface area contributed by atoms with Crippen LogP contribution in [0.3, 0.4) is 0 Å². The summed E-state index contributed by atoms with van der Waals surface area (Å²) in [5, 5.41) is 7.51. The van der Waals surface area contributed by atoms with Crippen molar-refractivity contribution in [1.82, 2.24) is 24.9 Å². The minimum atomic E-state index is -0.218. The second-order valence-electron chi connectivity index (χ2n) is 9.66. The number of nitrogens with zero attached hydrogens (tertiary/aromatic N) is 4. The van der Waals surface area contributed by atoms with Gasteiger partial charge in [0, 0.05) is 56.8 Å². The SMILES string of the molecule is CC(C)CCC(=O)N1CCc2c(c(C(=O)N3CCNC(=O)C3)nn2CCCc2ccccc2)C1. The number of benzene rings is 1. The molecule has 182 valence electrons. The van der Waals surface area contributed by atoms with Gasteiger partial charge >= 0.3 is 0 Å². The van der Waals surface area contributed by atoms with Crippen molar-refractivity contribution in [2.75, 3.05) is 26.2 Å². The summed E-state index contributed by atoms with van der Waals surface area (Å²) < 4.78 is 1.96. The smallest absolute Gasteiger partial charge is 0.275 e. The minimum Gasteiger partial charge on any atom is -0.353 e. The maximum atomic E-state index is 13.4. The molecule has 1 fully saturated rings. The Morgan fingerprint density at radius 1 is 1.09 bits per heavy atom. The number of aromatic nitrogens is 2. The highest BCUT2D eigenvalue weighted by molar-refractivity contribution is 5.97. The summed E-state index contributed by atoms with van der Waals surface area (Å²) in [5.74, 6) is 0.233. The van der Waals surface area contributed by atoms with E-state index in [2.05, 4.69) is 31.3 Å². The van der Waals surface area contributed by atoms with Gasteiger partial charge in [0.15, 0.2) is 5.69 Å². The number of carbonyl (C=O) groups excluding carboxylic acids is 3. The second kappa shape index (κ2) is 10.8. The molecule has 3 amide bonds. The molecule has 1 aromatic heterocycles. The number of nitrogens with one attached hydrogen (secondary N) is 1. The van der Waals surface area contributed by atoms with Crippen molar-refractivity contribution in [2.24, 2.45) is 5.92 Å². The van der Waals surface area contributed by atoms with Gasteiger partial charge in [0.25, 0.3) is 5.91 Å². The van der Waals surface area contributed by atoms with Crippen LogP contribution in [0.1, 0.15) is 60.4 Å². The Morgan fingerprint density at radius 3 is 2.62 bits per heavy atom.